The molecule has 0 aromatic heterocycles. The molecule has 0 fully saturated rings. The summed E-state index contributed by atoms with van der Waals surface area (Å²) < 4.78 is 0. The van der Waals surface area contributed by atoms with Crippen LogP contribution in [0, 0.1) is 5.92 Å². The molecule has 3 heteroatoms. The number of unbranched alkanes of at least 4 members (excludes halogenated alkanes) is 1. The summed E-state index contributed by atoms with van der Waals surface area (Å²) in [5.74, 6) is -0.0351. The molecule has 0 aliphatic heterocycles. The first-order chi connectivity index (χ1) is 6.57. The summed E-state index contributed by atoms with van der Waals surface area (Å²) in [4.78, 5) is 13.2. The summed E-state index contributed by atoms with van der Waals surface area (Å²) in [6.07, 6.45) is 5.20. The van der Waals surface area contributed by atoms with Gasteiger partial charge in [-0.05, 0) is 39.9 Å². The molecular formula is C11H24N2O. The highest BCUT2D eigenvalue weighted by Gasteiger charge is 2.13. The molecule has 2 N–H and O–H groups in total. The maximum Gasteiger partial charge on any atom is 0.220 e. The third-order valence-corrected chi connectivity index (χ3v) is 2.47. The Kier molecular flexibility index (Phi) is 7.48. The van der Waals surface area contributed by atoms with Gasteiger partial charge in [-0.1, -0.05) is 19.8 Å². The second-order valence-electron chi connectivity index (χ2n) is 4.19. The molecule has 84 valence electrons. The molecule has 1 unspecified atom stereocenters. The average Bonchev–Trinajstić information content (AvgIpc) is 2.09. The molecule has 0 heterocycles. The molecule has 0 rings (SSSR count). The molecule has 3 nitrogen and oxygen atoms in total. The van der Waals surface area contributed by atoms with Gasteiger partial charge in [0.1, 0.15) is 0 Å². The lowest BCUT2D eigenvalue weighted by Gasteiger charge is -2.14. The van der Waals surface area contributed by atoms with E-state index in [0.29, 0.717) is 0 Å². The Morgan fingerprint density at radius 2 is 1.86 bits per heavy atom. The quantitative estimate of drug-likeness (QED) is 0.647. The highest BCUT2D eigenvalue weighted by molar-refractivity contribution is 5.76. The Morgan fingerprint density at radius 3 is 2.29 bits per heavy atom. The smallest absolute Gasteiger partial charge is 0.220 e. The molecule has 0 spiro atoms. The first-order valence-corrected chi connectivity index (χ1v) is 5.52. The molecule has 14 heavy (non-hydrogen) atoms. The predicted octanol–water partition coefficient (Wildman–Crippen LogP) is 1.62. The van der Waals surface area contributed by atoms with Gasteiger partial charge in [-0.2, -0.15) is 0 Å². The molecule has 0 saturated heterocycles. The van der Waals surface area contributed by atoms with Crippen molar-refractivity contribution in [1.82, 2.24) is 4.90 Å². The van der Waals surface area contributed by atoms with Gasteiger partial charge < -0.3 is 10.6 Å². The van der Waals surface area contributed by atoms with Gasteiger partial charge in [0, 0.05) is 5.92 Å². The Labute approximate surface area is 87.6 Å². The van der Waals surface area contributed by atoms with Crippen molar-refractivity contribution in [3.63, 3.8) is 0 Å². The van der Waals surface area contributed by atoms with E-state index in [-0.39, 0.29) is 11.8 Å². The maximum atomic E-state index is 11.1. The zero-order valence-corrected chi connectivity index (χ0v) is 9.75. The Morgan fingerprint density at radius 1 is 1.29 bits per heavy atom. The van der Waals surface area contributed by atoms with E-state index >= 15 is 0 Å². The predicted molar refractivity (Wildman–Crippen MR) is 60.0 cm³/mol. The summed E-state index contributed by atoms with van der Waals surface area (Å²) in [7, 11) is 4.09. The molecule has 0 bridgehead atoms. The molecule has 0 aromatic carbocycles. The van der Waals surface area contributed by atoms with Crippen molar-refractivity contribution in [2.75, 3.05) is 20.6 Å². The summed E-state index contributed by atoms with van der Waals surface area (Å²) in [6.45, 7) is 3.17. The SMILES string of the molecule is CCCCC(CCCN(C)C)C(N)=O. The number of primary amides is 1. The molecule has 0 aliphatic carbocycles. The first-order valence-electron chi connectivity index (χ1n) is 5.52. The van der Waals surface area contributed by atoms with Crippen molar-refractivity contribution in [1.29, 1.82) is 0 Å². The van der Waals surface area contributed by atoms with Crippen LogP contribution in [0.2, 0.25) is 0 Å². The van der Waals surface area contributed by atoms with Crippen LogP contribution in [0.15, 0.2) is 0 Å². The average molecular weight is 200 g/mol. The summed E-state index contributed by atoms with van der Waals surface area (Å²) in [6, 6.07) is 0. The van der Waals surface area contributed by atoms with Gasteiger partial charge in [-0.15, -0.1) is 0 Å². The van der Waals surface area contributed by atoms with E-state index in [0.717, 1.165) is 38.6 Å². The Balaban J connectivity index is 3.68. The van der Waals surface area contributed by atoms with Crippen molar-refractivity contribution in [3.05, 3.63) is 0 Å². The number of hydrogen-bond acceptors (Lipinski definition) is 2. The number of carbonyl (C=O) groups is 1. The number of nitrogens with two attached hydrogens (primary N) is 1. The third kappa shape index (κ3) is 6.89. The first kappa shape index (κ1) is 13.4. The lowest BCUT2D eigenvalue weighted by molar-refractivity contribution is -0.122. The number of carbonyl (C=O) groups excluding carboxylic acids is 1. The van der Waals surface area contributed by atoms with Gasteiger partial charge in [0.25, 0.3) is 0 Å². The van der Waals surface area contributed by atoms with Crippen LogP contribution < -0.4 is 5.73 Å². The number of rotatable bonds is 8. The van der Waals surface area contributed by atoms with E-state index in [2.05, 4.69) is 11.8 Å². The minimum atomic E-state index is -0.128. The lowest BCUT2D eigenvalue weighted by Crippen LogP contribution is -2.24. The minimum Gasteiger partial charge on any atom is -0.369 e. The van der Waals surface area contributed by atoms with E-state index in [9.17, 15) is 4.79 Å². The van der Waals surface area contributed by atoms with E-state index in [1.165, 1.54) is 0 Å². The second-order valence-corrected chi connectivity index (χ2v) is 4.19. The van der Waals surface area contributed by atoms with Crippen molar-refractivity contribution in [2.24, 2.45) is 11.7 Å². The van der Waals surface area contributed by atoms with Crippen LogP contribution in [-0.4, -0.2) is 31.4 Å². The Bertz CT molecular complexity index is 157. The lowest BCUT2D eigenvalue weighted by atomic mass is 9.96. The normalized spacial score (nSPS) is 13.1. The molecule has 1 amide bonds. The van der Waals surface area contributed by atoms with Crippen molar-refractivity contribution in [3.8, 4) is 0 Å². The van der Waals surface area contributed by atoms with Gasteiger partial charge in [0.15, 0.2) is 0 Å². The fourth-order valence-electron chi connectivity index (χ4n) is 1.53. The number of amides is 1. The zero-order valence-electron chi connectivity index (χ0n) is 9.75. The van der Waals surface area contributed by atoms with Crippen molar-refractivity contribution >= 4 is 5.91 Å². The number of hydrogen-bond donors (Lipinski definition) is 1. The van der Waals surface area contributed by atoms with Crippen LogP contribution in [0.1, 0.15) is 39.0 Å². The topological polar surface area (TPSA) is 46.3 Å². The highest BCUT2D eigenvalue weighted by atomic mass is 16.1. The molecule has 0 aliphatic rings. The van der Waals surface area contributed by atoms with E-state index < -0.39 is 0 Å². The van der Waals surface area contributed by atoms with Crippen molar-refractivity contribution in [2.45, 2.75) is 39.0 Å². The monoisotopic (exact) mass is 200 g/mol. The minimum absolute atomic E-state index is 0.0925. The van der Waals surface area contributed by atoms with Crippen LogP contribution in [0.3, 0.4) is 0 Å². The zero-order chi connectivity index (χ0) is 11.0. The summed E-state index contributed by atoms with van der Waals surface area (Å²) >= 11 is 0. The maximum absolute atomic E-state index is 11.1. The van der Waals surface area contributed by atoms with Crippen molar-refractivity contribution < 1.29 is 4.79 Å². The van der Waals surface area contributed by atoms with Gasteiger partial charge in [0.2, 0.25) is 5.91 Å². The van der Waals surface area contributed by atoms with Gasteiger partial charge >= 0.3 is 0 Å². The molecule has 0 radical (unpaired) electrons. The van der Waals surface area contributed by atoms with Crippen LogP contribution in [-0.2, 0) is 4.79 Å². The fourth-order valence-corrected chi connectivity index (χ4v) is 1.53. The standard InChI is InChI=1S/C11H24N2O/c1-4-5-7-10(11(12)14)8-6-9-13(2)3/h10H,4-9H2,1-3H3,(H2,12,14). The van der Waals surface area contributed by atoms with E-state index in [1.807, 2.05) is 14.1 Å². The van der Waals surface area contributed by atoms with Crippen LogP contribution in [0.25, 0.3) is 0 Å². The van der Waals surface area contributed by atoms with Crippen LogP contribution in [0.4, 0.5) is 0 Å². The van der Waals surface area contributed by atoms with E-state index in [4.69, 9.17) is 5.73 Å². The molecular weight excluding hydrogens is 176 g/mol. The van der Waals surface area contributed by atoms with Crippen LogP contribution >= 0.6 is 0 Å². The summed E-state index contributed by atoms with van der Waals surface area (Å²) in [5.41, 5.74) is 5.34. The highest BCUT2D eigenvalue weighted by Crippen LogP contribution is 2.14. The van der Waals surface area contributed by atoms with Gasteiger partial charge in [0.05, 0.1) is 0 Å². The molecule has 0 saturated carbocycles. The van der Waals surface area contributed by atoms with E-state index in [1.54, 1.807) is 0 Å². The number of nitrogens with zero attached hydrogens (tertiary/aromatic N) is 1. The molecule has 1 atom stereocenters. The fraction of sp³-hybridized carbons (Fsp3) is 0.909. The largest absolute Gasteiger partial charge is 0.369 e. The molecule has 0 aromatic rings. The third-order valence-electron chi connectivity index (χ3n) is 2.47. The summed E-state index contributed by atoms with van der Waals surface area (Å²) in [5, 5.41) is 0. The second kappa shape index (κ2) is 7.80. The van der Waals surface area contributed by atoms with Gasteiger partial charge in [-0.3, -0.25) is 4.79 Å². The Hall–Kier alpha value is -0.570. The van der Waals surface area contributed by atoms with Crippen LogP contribution in [0.5, 0.6) is 0 Å². The van der Waals surface area contributed by atoms with Gasteiger partial charge in [-0.25, -0.2) is 0 Å².